The summed E-state index contributed by atoms with van der Waals surface area (Å²) in [7, 11) is 3.85. The Bertz CT molecular complexity index is 775. The van der Waals surface area contributed by atoms with E-state index in [2.05, 4.69) is 10.6 Å². The number of ether oxygens (including phenoxy) is 1. The number of hydrogen-bond acceptors (Lipinski definition) is 5. The minimum absolute atomic E-state index is 0.0688. The van der Waals surface area contributed by atoms with Crippen LogP contribution in [0.3, 0.4) is 0 Å². The maximum absolute atomic E-state index is 12.1. The third-order valence-corrected chi connectivity index (χ3v) is 3.89. The highest BCUT2D eigenvalue weighted by Gasteiger charge is 2.17. The number of rotatable bonds is 7. The van der Waals surface area contributed by atoms with Crippen LogP contribution in [0.5, 0.6) is 5.75 Å². The number of nitrogens with one attached hydrogen (secondary N) is 2. The highest BCUT2D eigenvalue weighted by molar-refractivity contribution is 6.39. The van der Waals surface area contributed by atoms with Gasteiger partial charge in [-0.3, -0.25) is 9.59 Å². The summed E-state index contributed by atoms with van der Waals surface area (Å²) in [5.74, 6) is -1.16. The summed E-state index contributed by atoms with van der Waals surface area (Å²) in [5, 5.41) is 15.2. The summed E-state index contributed by atoms with van der Waals surface area (Å²) < 4.78 is 5.41. The predicted molar refractivity (Wildman–Crippen MR) is 105 cm³/mol. The van der Waals surface area contributed by atoms with Crippen molar-refractivity contribution in [3.05, 3.63) is 54.1 Å². The second kappa shape index (κ2) is 9.59. The van der Waals surface area contributed by atoms with Crippen molar-refractivity contribution in [3.8, 4) is 5.75 Å². The number of carbonyl (C=O) groups is 2. The first kappa shape index (κ1) is 20.3. The second-order valence-corrected chi connectivity index (χ2v) is 6.10. The quantitative estimate of drug-likeness (QED) is 0.647. The minimum atomic E-state index is -0.909. The first-order valence-corrected chi connectivity index (χ1v) is 8.68. The molecule has 2 rings (SSSR count). The Kier molecular flexibility index (Phi) is 7.19. The van der Waals surface area contributed by atoms with Gasteiger partial charge >= 0.3 is 11.8 Å². The van der Waals surface area contributed by atoms with Gasteiger partial charge in [0, 0.05) is 26.3 Å². The number of nitrogens with zero attached hydrogens (tertiary/aromatic N) is 1. The molecule has 0 spiro atoms. The van der Waals surface area contributed by atoms with Gasteiger partial charge in [0.15, 0.2) is 0 Å². The molecule has 0 saturated heterocycles. The molecule has 0 fully saturated rings. The fourth-order valence-corrected chi connectivity index (χ4v) is 2.41. The summed E-state index contributed by atoms with van der Waals surface area (Å²) in [6, 6.07) is 14.2. The molecule has 2 amide bonds. The van der Waals surface area contributed by atoms with Gasteiger partial charge in [-0.25, -0.2) is 0 Å². The zero-order valence-electron chi connectivity index (χ0n) is 15.7. The van der Waals surface area contributed by atoms with Crippen LogP contribution >= 0.6 is 0 Å². The normalized spacial score (nSPS) is 11.4. The topological polar surface area (TPSA) is 90.9 Å². The van der Waals surface area contributed by atoms with E-state index in [-0.39, 0.29) is 6.54 Å². The molecule has 0 radical (unpaired) electrons. The zero-order chi connectivity index (χ0) is 19.8. The number of hydrogen-bond donors (Lipinski definition) is 3. The van der Waals surface area contributed by atoms with Gasteiger partial charge < -0.3 is 25.4 Å². The summed E-state index contributed by atoms with van der Waals surface area (Å²) in [5.41, 5.74) is 2.07. The van der Waals surface area contributed by atoms with E-state index in [0.29, 0.717) is 23.6 Å². The molecular weight excluding hydrogens is 346 g/mol. The molecule has 0 aromatic heterocycles. The molecular formula is C20H25N3O4. The molecule has 2 aromatic rings. The maximum Gasteiger partial charge on any atom is 0.313 e. The Morgan fingerprint density at radius 3 is 2.37 bits per heavy atom. The lowest BCUT2D eigenvalue weighted by atomic mass is 10.1. The van der Waals surface area contributed by atoms with Crippen molar-refractivity contribution in [1.82, 2.24) is 5.32 Å². The fourth-order valence-electron chi connectivity index (χ4n) is 2.41. The Balaban J connectivity index is 1.90. The smallest absolute Gasteiger partial charge is 0.313 e. The molecule has 3 N–H and O–H groups in total. The first-order valence-electron chi connectivity index (χ1n) is 8.68. The molecule has 0 aliphatic heterocycles. The molecule has 7 nitrogen and oxygen atoms in total. The number of aliphatic hydroxyl groups excluding tert-OH is 1. The largest absolute Gasteiger partial charge is 0.492 e. The van der Waals surface area contributed by atoms with E-state index >= 15 is 0 Å². The molecule has 144 valence electrons. The van der Waals surface area contributed by atoms with Crippen LogP contribution < -0.4 is 20.3 Å². The fraction of sp³-hybridized carbons (Fsp3) is 0.300. The number of aliphatic hydroxyl groups is 1. The van der Waals surface area contributed by atoms with E-state index in [1.807, 2.05) is 38.1 Å². The zero-order valence-corrected chi connectivity index (χ0v) is 15.7. The first-order chi connectivity index (χ1) is 12.9. The number of carbonyl (C=O) groups excluding carboxylic acids is 2. The molecule has 0 bridgehead atoms. The van der Waals surface area contributed by atoms with E-state index in [9.17, 15) is 14.7 Å². The predicted octanol–water partition coefficient (Wildman–Crippen LogP) is 1.94. The Labute approximate surface area is 158 Å². The van der Waals surface area contributed by atoms with Crippen LogP contribution in [0.2, 0.25) is 0 Å². The van der Waals surface area contributed by atoms with Crippen LogP contribution in [0.25, 0.3) is 0 Å². The summed E-state index contributed by atoms with van der Waals surface area (Å²) in [6.07, 6.45) is -0.909. The van der Waals surface area contributed by atoms with Crippen molar-refractivity contribution >= 4 is 23.2 Å². The van der Waals surface area contributed by atoms with Gasteiger partial charge in [-0.1, -0.05) is 24.3 Å². The average Bonchev–Trinajstić information content (AvgIpc) is 2.67. The van der Waals surface area contributed by atoms with Crippen LogP contribution in [0.4, 0.5) is 11.4 Å². The van der Waals surface area contributed by atoms with Crippen molar-refractivity contribution in [3.63, 3.8) is 0 Å². The van der Waals surface area contributed by atoms with Gasteiger partial charge in [-0.05, 0) is 36.8 Å². The highest BCUT2D eigenvalue weighted by Crippen LogP contribution is 2.23. The average molecular weight is 371 g/mol. The standard InChI is InChI=1S/C20H25N3O4/c1-4-27-18-8-6-5-7-16(18)22-20(26)19(25)21-13-17(24)14-9-11-15(12-10-14)23(2)3/h5-12,17,24H,4,13H2,1-3H3,(H,21,25)(H,22,26). The lowest BCUT2D eigenvalue weighted by Gasteiger charge is -2.16. The summed E-state index contributed by atoms with van der Waals surface area (Å²) in [6.45, 7) is 2.20. The van der Waals surface area contributed by atoms with Crippen molar-refractivity contribution in [2.24, 2.45) is 0 Å². The van der Waals surface area contributed by atoms with Crippen molar-refractivity contribution in [1.29, 1.82) is 0 Å². The van der Waals surface area contributed by atoms with Crippen LogP contribution in [-0.2, 0) is 9.59 Å². The van der Waals surface area contributed by atoms with Gasteiger partial charge in [-0.2, -0.15) is 0 Å². The third-order valence-electron chi connectivity index (χ3n) is 3.89. The monoisotopic (exact) mass is 371 g/mol. The van der Waals surface area contributed by atoms with E-state index in [1.165, 1.54) is 0 Å². The van der Waals surface area contributed by atoms with E-state index < -0.39 is 17.9 Å². The van der Waals surface area contributed by atoms with E-state index in [1.54, 1.807) is 36.4 Å². The molecule has 1 atom stereocenters. The Hall–Kier alpha value is -3.06. The van der Waals surface area contributed by atoms with E-state index in [4.69, 9.17) is 4.74 Å². The molecule has 0 aliphatic rings. The lowest BCUT2D eigenvalue weighted by Crippen LogP contribution is -2.37. The minimum Gasteiger partial charge on any atom is -0.492 e. The summed E-state index contributed by atoms with van der Waals surface area (Å²) >= 11 is 0. The maximum atomic E-state index is 12.1. The van der Waals surface area contributed by atoms with Crippen LogP contribution in [0.1, 0.15) is 18.6 Å². The van der Waals surface area contributed by atoms with Gasteiger partial charge in [-0.15, -0.1) is 0 Å². The van der Waals surface area contributed by atoms with Gasteiger partial charge in [0.25, 0.3) is 0 Å². The second-order valence-electron chi connectivity index (χ2n) is 6.10. The van der Waals surface area contributed by atoms with Crippen LogP contribution in [-0.4, -0.2) is 44.2 Å². The van der Waals surface area contributed by atoms with Crippen molar-refractivity contribution in [2.45, 2.75) is 13.0 Å². The number of amides is 2. The highest BCUT2D eigenvalue weighted by atomic mass is 16.5. The van der Waals surface area contributed by atoms with Crippen LogP contribution in [0.15, 0.2) is 48.5 Å². The van der Waals surface area contributed by atoms with Crippen LogP contribution in [0, 0.1) is 0 Å². The van der Waals surface area contributed by atoms with E-state index in [0.717, 1.165) is 5.69 Å². The van der Waals surface area contributed by atoms with Gasteiger partial charge in [0.05, 0.1) is 18.4 Å². The number of benzene rings is 2. The Morgan fingerprint density at radius 2 is 1.74 bits per heavy atom. The molecule has 0 aliphatic carbocycles. The molecule has 27 heavy (non-hydrogen) atoms. The van der Waals surface area contributed by atoms with Gasteiger partial charge in [0.2, 0.25) is 0 Å². The molecule has 2 aromatic carbocycles. The Morgan fingerprint density at radius 1 is 1.07 bits per heavy atom. The molecule has 1 unspecified atom stereocenters. The molecule has 0 saturated carbocycles. The molecule has 0 heterocycles. The SMILES string of the molecule is CCOc1ccccc1NC(=O)C(=O)NCC(O)c1ccc(N(C)C)cc1. The third kappa shape index (κ3) is 5.72. The lowest BCUT2D eigenvalue weighted by molar-refractivity contribution is -0.136. The van der Waals surface area contributed by atoms with Crippen molar-refractivity contribution < 1.29 is 19.4 Å². The van der Waals surface area contributed by atoms with Gasteiger partial charge in [0.1, 0.15) is 5.75 Å². The molecule has 7 heteroatoms. The summed E-state index contributed by atoms with van der Waals surface area (Å²) in [4.78, 5) is 26.0. The van der Waals surface area contributed by atoms with Crippen molar-refractivity contribution in [2.75, 3.05) is 37.5 Å². The number of para-hydroxylation sites is 2. The number of anilines is 2.